The third kappa shape index (κ3) is 3.48. The normalized spacial score (nSPS) is 22.2. The monoisotopic (exact) mass is 376 g/mol. The Morgan fingerprint density at radius 1 is 1.19 bits per heavy atom. The van der Waals surface area contributed by atoms with Crippen LogP contribution in [0.4, 0.5) is 0 Å². The number of carbonyl (C=O) groups excluding carboxylic acids is 1. The van der Waals surface area contributed by atoms with Crippen molar-refractivity contribution in [3.63, 3.8) is 0 Å². The fourth-order valence-electron chi connectivity index (χ4n) is 4.00. The second-order valence-corrected chi connectivity index (χ2v) is 9.29. The van der Waals surface area contributed by atoms with Crippen molar-refractivity contribution in [1.29, 1.82) is 0 Å². The smallest absolute Gasteiger partial charge is 0.253 e. The number of rotatable bonds is 4. The molecule has 1 saturated carbocycles. The number of benzene rings is 1. The lowest BCUT2D eigenvalue weighted by molar-refractivity contribution is 0.0727. The highest BCUT2D eigenvalue weighted by molar-refractivity contribution is 7.90. The number of imidazole rings is 1. The first kappa shape index (κ1) is 17.5. The zero-order chi connectivity index (χ0) is 18.1. The molecule has 8 heteroatoms. The van der Waals surface area contributed by atoms with Crippen molar-refractivity contribution in [1.82, 2.24) is 19.6 Å². The highest BCUT2D eigenvalue weighted by Gasteiger charge is 2.34. The van der Waals surface area contributed by atoms with Gasteiger partial charge in [0, 0.05) is 24.7 Å². The van der Waals surface area contributed by atoms with Gasteiger partial charge in [-0.2, -0.15) is 0 Å². The number of piperidine rings is 1. The molecule has 2 heterocycles. The molecule has 1 atom stereocenters. The summed E-state index contributed by atoms with van der Waals surface area (Å²) in [5, 5.41) is -0.531. The minimum Gasteiger partial charge on any atom is -0.345 e. The standard InChI is InChI=1S/C18H24N4O3S/c23-18(13-7-8-16-17(10-13)20-12-19-16)22-9-3-6-15(11-22)26(24,25)21-14-4-1-2-5-14/h7-8,10,12,14-15,21H,1-6,9,11H2,(H,19,20). The van der Waals surface area contributed by atoms with E-state index in [-0.39, 0.29) is 18.5 Å². The fourth-order valence-corrected chi connectivity index (χ4v) is 5.75. The van der Waals surface area contributed by atoms with Gasteiger partial charge in [0.1, 0.15) is 0 Å². The van der Waals surface area contributed by atoms with Crippen LogP contribution in [0.2, 0.25) is 0 Å². The second kappa shape index (κ2) is 7.00. The van der Waals surface area contributed by atoms with Crippen LogP contribution in [0.25, 0.3) is 11.0 Å². The van der Waals surface area contributed by atoms with E-state index < -0.39 is 15.3 Å². The molecular formula is C18H24N4O3S. The van der Waals surface area contributed by atoms with E-state index in [0.29, 0.717) is 24.9 Å². The first-order valence-electron chi connectivity index (χ1n) is 9.26. The van der Waals surface area contributed by atoms with Crippen molar-refractivity contribution < 1.29 is 13.2 Å². The van der Waals surface area contributed by atoms with Gasteiger partial charge in [0.2, 0.25) is 10.0 Å². The lowest BCUT2D eigenvalue weighted by Gasteiger charge is -2.33. The summed E-state index contributed by atoms with van der Waals surface area (Å²) >= 11 is 0. The van der Waals surface area contributed by atoms with Gasteiger partial charge in [0.25, 0.3) is 5.91 Å². The molecule has 1 aromatic carbocycles. The fraction of sp³-hybridized carbons (Fsp3) is 0.556. The maximum absolute atomic E-state index is 12.9. The number of H-pyrrole nitrogens is 1. The number of fused-ring (bicyclic) bond motifs is 1. The van der Waals surface area contributed by atoms with Crippen molar-refractivity contribution in [3.05, 3.63) is 30.1 Å². The lowest BCUT2D eigenvalue weighted by Crippen LogP contribution is -2.49. The Balaban J connectivity index is 1.47. The Hall–Kier alpha value is -1.93. The molecule has 1 amide bonds. The Bertz CT molecular complexity index is 902. The molecule has 7 nitrogen and oxygen atoms in total. The summed E-state index contributed by atoms with van der Waals surface area (Å²) in [7, 11) is -3.40. The van der Waals surface area contributed by atoms with Crippen LogP contribution >= 0.6 is 0 Å². The molecule has 1 aliphatic carbocycles. The molecule has 26 heavy (non-hydrogen) atoms. The summed E-state index contributed by atoms with van der Waals surface area (Å²) in [5.74, 6) is -0.123. The highest BCUT2D eigenvalue weighted by atomic mass is 32.2. The maximum Gasteiger partial charge on any atom is 0.253 e. The van der Waals surface area contributed by atoms with Crippen LogP contribution in [0, 0.1) is 0 Å². The Labute approximate surface area is 153 Å². The van der Waals surface area contributed by atoms with Gasteiger partial charge in [-0.15, -0.1) is 0 Å². The molecule has 0 radical (unpaired) electrons. The van der Waals surface area contributed by atoms with E-state index >= 15 is 0 Å². The minimum atomic E-state index is -3.40. The van der Waals surface area contributed by atoms with Crippen molar-refractivity contribution >= 4 is 27.0 Å². The molecule has 2 N–H and O–H groups in total. The number of hydrogen-bond acceptors (Lipinski definition) is 4. The molecule has 2 aliphatic rings. The summed E-state index contributed by atoms with van der Waals surface area (Å²) in [6.45, 7) is 0.844. The number of aromatic nitrogens is 2. The molecule has 2 fully saturated rings. The summed E-state index contributed by atoms with van der Waals surface area (Å²) in [4.78, 5) is 21.7. The molecule has 0 spiro atoms. The Morgan fingerprint density at radius 2 is 2.00 bits per heavy atom. The third-order valence-electron chi connectivity index (χ3n) is 5.46. The number of sulfonamides is 1. The average molecular weight is 376 g/mol. The van der Waals surface area contributed by atoms with E-state index in [2.05, 4.69) is 14.7 Å². The Morgan fingerprint density at radius 3 is 2.81 bits per heavy atom. The molecule has 2 aromatic rings. The predicted octanol–water partition coefficient (Wildman–Crippen LogP) is 2.03. The number of aromatic amines is 1. The van der Waals surface area contributed by atoms with Gasteiger partial charge in [0.15, 0.2) is 0 Å². The lowest BCUT2D eigenvalue weighted by atomic mass is 10.1. The number of nitrogens with one attached hydrogen (secondary N) is 2. The molecule has 0 bridgehead atoms. The van der Waals surface area contributed by atoms with E-state index in [1.165, 1.54) is 0 Å². The van der Waals surface area contributed by atoms with Crippen LogP contribution in [-0.4, -0.2) is 53.6 Å². The minimum absolute atomic E-state index is 0.0638. The van der Waals surface area contributed by atoms with E-state index in [4.69, 9.17) is 0 Å². The van der Waals surface area contributed by atoms with Gasteiger partial charge in [-0.3, -0.25) is 4.79 Å². The van der Waals surface area contributed by atoms with Crippen LogP contribution in [0.5, 0.6) is 0 Å². The SMILES string of the molecule is O=C(c1ccc2nc[nH]c2c1)N1CCCC(S(=O)(=O)NC2CCCC2)C1. The summed E-state index contributed by atoms with van der Waals surface area (Å²) < 4.78 is 28.3. The molecular weight excluding hydrogens is 352 g/mol. The summed E-state index contributed by atoms with van der Waals surface area (Å²) in [6, 6.07) is 5.40. The predicted molar refractivity (Wildman–Crippen MR) is 99.3 cm³/mol. The topological polar surface area (TPSA) is 95.2 Å². The first-order valence-corrected chi connectivity index (χ1v) is 10.8. The molecule has 4 rings (SSSR count). The average Bonchev–Trinajstić information content (AvgIpc) is 3.31. The van der Waals surface area contributed by atoms with E-state index in [0.717, 1.165) is 36.7 Å². The van der Waals surface area contributed by atoms with E-state index in [9.17, 15) is 13.2 Å². The van der Waals surface area contributed by atoms with Crippen LogP contribution in [0.3, 0.4) is 0 Å². The molecule has 1 aliphatic heterocycles. The maximum atomic E-state index is 12.9. The van der Waals surface area contributed by atoms with Crippen molar-refractivity contribution in [3.8, 4) is 0 Å². The van der Waals surface area contributed by atoms with Crippen LogP contribution < -0.4 is 4.72 Å². The van der Waals surface area contributed by atoms with E-state index in [1.54, 1.807) is 29.4 Å². The first-order chi connectivity index (χ1) is 12.5. The van der Waals surface area contributed by atoms with Gasteiger partial charge in [-0.05, 0) is 43.9 Å². The van der Waals surface area contributed by atoms with Gasteiger partial charge in [0.05, 0.1) is 22.6 Å². The van der Waals surface area contributed by atoms with Gasteiger partial charge < -0.3 is 9.88 Å². The molecule has 1 unspecified atom stereocenters. The number of nitrogens with zero attached hydrogens (tertiary/aromatic N) is 2. The summed E-state index contributed by atoms with van der Waals surface area (Å²) in [5.41, 5.74) is 2.17. The molecule has 140 valence electrons. The van der Waals surface area contributed by atoms with E-state index in [1.807, 2.05) is 0 Å². The van der Waals surface area contributed by atoms with Gasteiger partial charge in [-0.25, -0.2) is 18.1 Å². The van der Waals surface area contributed by atoms with Crippen molar-refractivity contribution in [2.24, 2.45) is 0 Å². The highest BCUT2D eigenvalue weighted by Crippen LogP contribution is 2.23. The summed E-state index contributed by atoms with van der Waals surface area (Å²) in [6.07, 6.45) is 6.89. The second-order valence-electron chi connectivity index (χ2n) is 7.29. The number of carbonyl (C=O) groups is 1. The number of likely N-dealkylation sites (tertiary alicyclic amines) is 1. The molecule has 1 aromatic heterocycles. The van der Waals surface area contributed by atoms with Gasteiger partial charge in [-0.1, -0.05) is 12.8 Å². The quantitative estimate of drug-likeness (QED) is 0.853. The number of hydrogen-bond donors (Lipinski definition) is 2. The van der Waals surface area contributed by atoms with Crippen molar-refractivity contribution in [2.45, 2.75) is 49.8 Å². The van der Waals surface area contributed by atoms with Crippen molar-refractivity contribution in [2.75, 3.05) is 13.1 Å². The third-order valence-corrected chi connectivity index (χ3v) is 7.38. The zero-order valence-corrected chi connectivity index (χ0v) is 15.5. The van der Waals surface area contributed by atoms with Crippen LogP contribution in [0.1, 0.15) is 48.9 Å². The molecule has 1 saturated heterocycles. The van der Waals surface area contributed by atoms with Crippen LogP contribution in [-0.2, 0) is 10.0 Å². The van der Waals surface area contributed by atoms with Crippen LogP contribution in [0.15, 0.2) is 24.5 Å². The largest absolute Gasteiger partial charge is 0.345 e. The van der Waals surface area contributed by atoms with Gasteiger partial charge >= 0.3 is 0 Å². The Kier molecular flexibility index (Phi) is 4.71. The zero-order valence-electron chi connectivity index (χ0n) is 14.6. The number of amides is 1.